The van der Waals surface area contributed by atoms with E-state index < -0.39 is 5.67 Å². The molecule has 1 saturated carbocycles. The number of rotatable bonds is 3. The molecule has 2 rings (SSSR count). The lowest BCUT2D eigenvalue weighted by Gasteiger charge is -2.20. The van der Waals surface area contributed by atoms with Crippen molar-refractivity contribution >= 4 is 0 Å². The minimum Gasteiger partial charge on any atom is -0.378 e. The smallest absolute Gasteiger partial charge is 0.112 e. The van der Waals surface area contributed by atoms with Crippen molar-refractivity contribution in [3.05, 3.63) is 0 Å². The Hall–Kier alpha value is -0.150. The average molecular weight is 201 g/mol. The first-order valence-electron chi connectivity index (χ1n) is 5.74. The molecule has 2 fully saturated rings. The highest BCUT2D eigenvalue weighted by Gasteiger charge is 2.38. The molecule has 0 aromatic rings. The molecule has 0 amide bonds. The SMILES string of the molecule is NC1CCC(F)(CCC2CCCO2)C1. The highest BCUT2D eigenvalue weighted by Crippen LogP contribution is 2.37. The maximum absolute atomic E-state index is 14.1. The van der Waals surface area contributed by atoms with Gasteiger partial charge >= 0.3 is 0 Å². The maximum Gasteiger partial charge on any atom is 0.112 e. The van der Waals surface area contributed by atoms with Crippen molar-refractivity contribution in [3.63, 3.8) is 0 Å². The Kier molecular flexibility index (Phi) is 3.07. The molecule has 3 unspecified atom stereocenters. The van der Waals surface area contributed by atoms with Crippen molar-refractivity contribution in [1.82, 2.24) is 0 Å². The zero-order chi connectivity index (χ0) is 10.0. The molecule has 2 aliphatic rings. The number of ether oxygens (including phenoxy) is 1. The summed E-state index contributed by atoms with van der Waals surface area (Å²) in [7, 11) is 0. The van der Waals surface area contributed by atoms with Gasteiger partial charge in [0.2, 0.25) is 0 Å². The highest BCUT2D eigenvalue weighted by molar-refractivity contribution is 4.92. The van der Waals surface area contributed by atoms with Crippen molar-refractivity contribution in [1.29, 1.82) is 0 Å². The third-order valence-corrected chi connectivity index (χ3v) is 3.53. The molecule has 0 bridgehead atoms. The molecule has 82 valence electrons. The molecule has 2 N–H and O–H groups in total. The molecule has 14 heavy (non-hydrogen) atoms. The molecular weight excluding hydrogens is 181 g/mol. The topological polar surface area (TPSA) is 35.2 Å². The predicted molar refractivity (Wildman–Crippen MR) is 53.9 cm³/mol. The van der Waals surface area contributed by atoms with E-state index in [1.54, 1.807) is 0 Å². The van der Waals surface area contributed by atoms with Crippen LogP contribution >= 0.6 is 0 Å². The van der Waals surface area contributed by atoms with Crippen LogP contribution in [0.1, 0.15) is 44.9 Å². The predicted octanol–water partition coefficient (Wildman–Crippen LogP) is 2.17. The van der Waals surface area contributed by atoms with Crippen LogP contribution < -0.4 is 5.73 Å². The Morgan fingerprint density at radius 3 is 2.86 bits per heavy atom. The lowest BCUT2D eigenvalue weighted by Crippen LogP contribution is -2.24. The second-order valence-corrected chi connectivity index (χ2v) is 4.83. The van der Waals surface area contributed by atoms with Gasteiger partial charge in [0.05, 0.1) is 6.10 Å². The summed E-state index contributed by atoms with van der Waals surface area (Å²) in [4.78, 5) is 0. The second kappa shape index (κ2) is 4.15. The molecule has 0 spiro atoms. The molecule has 0 aromatic heterocycles. The third-order valence-electron chi connectivity index (χ3n) is 3.53. The van der Waals surface area contributed by atoms with Crippen LogP contribution in [0.5, 0.6) is 0 Å². The summed E-state index contributed by atoms with van der Waals surface area (Å²) in [5.41, 5.74) is 4.74. The van der Waals surface area contributed by atoms with E-state index in [-0.39, 0.29) is 6.04 Å². The van der Waals surface area contributed by atoms with Crippen molar-refractivity contribution in [2.45, 2.75) is 62.8 Å². The summed E-state index contributed by atoms with van der Waals surface area (Å²) in [6.45, 7) is 0.865. The van der Waals surface area contributed by atoms with Gasteiger partial charge in [-0.05, 0) is 44.9 Å². The molecule has 1 saturated heterocycles. The quantitative estimate of drug-likeness (QED) is 0.759. The minimum atomic E-state index is -0.981. The molecule has 1 aliphatic heterocycles. The lowest BCUT2D eigenvalue weighted by molar-refractivity contribution is 0.0742. The molecule has 1 heterocycles. The molecule has 1 aliphatic carbocycles. The number of hydrogen-bond donors (Lipinski definition) is 1. The van der Waals surface area contributed by atoms with Crippen LogP contribution in [0.15, 0.2) is 0 Å². The monoisotopic (exact) mass is 201 g/mol. The van der Waals surface area contributed by atoms with Gasteiger partial charge in [-0.25, -0.2) is 4.39 Å². The van der Waals surface area contributed by atoms with Crippen LogP contribution in [0.3, 0.4) is 0 Å². The van der Waals surface area contributed by atoms with Gasteiger partial charge in [0, 0.05) is 12.6 Å². The summed E-state index contributed by atoms with van der Waals surface area (Å²) in [5, 5.41) is 0. The van der Waals surface area contributed by atoms with Crippen LogP contribution in [0.25, 0.3) is 0 Å². The van der Waals surface area contributed by atoms with Gasteiger partial charge in [-0.3, -0.25) is 0 Å². The second-order valence-electron chi connectivity index (χ2n) is 4.83. The maximum atomic E-state index is 14.1. The fourth-order valence-corrected chi connectivity index (χ4v) is 2.64. The molecule has 3 atom stereocenters. The summed E-state index contributed by atoms with van der Waals surface area (Å²) in [6.07, 6.45) is 6.16. The fourth-order valence-electron chi connectivity index (χ4n) is 2.64. The third kappa shape index (κ3) is 2.45. The zero-order valence-corrected chi connectivity index (χ0v) is 8.68. The van der Waals surface area contributed by atoms with Crippen molar-refractivity contribution in [3.8, 4) is 0 Å². The Labute approximate surface area is 85.0 Å². The van der Waals surface area contributed by atoms with E-state index in [0.29, 0.717) is 25.4 Å². The first kappa shape index (κ1) is 10.4. The lowest BCUT2D eigenvalue weighted by atomic mass is 9.95. The van der Waals surface area contributed by atoms with Gasteiger partial charge in [-0.15, -0.1) is 0 Å². The Morgan fingerprint density at radius 2 is 2.29 bits per heavy atom. The van der Waals surface area contributed by atoms with Crippen LogP contribution in [0.2, 0.25) is 0 Å². The highest BCUT2D eigenvalue weighted by atomic mass is 19.1. The van der Waals surface area contributed by atoms with Crippen LogP contribution in [0, 0.1) is 0 Å². The van der Waals surface area contributed by atoms with Crippen molar-refractivity contribution < 1.29 is 9.13 Å². The van der Waals surface area contributed by atoms with Crippen molar-refractivity contribution in [2.75, 3.05) is 6.61 Å². The first-order chi connectivity index (χ1) is 6.68. The Balaban J connectivity index is 1.73. The van der Waals surface area contributed by atoms with Crippen molar-refractivity contribution in [2.24, 2.45) is 5.73 Å². The van der Waals surface area contributed by atoms with E-state index in [9.17, 15) is 4.39 Å². The molecule has 2 nitrogen and oxygen atoms in total. The van der Waals surface area contributed by atoms with E-state index in [0.717, 1.165) is 32.3 Å². The molecule has 0 radical (unpaired) electrons. The van der Waals surface area contributed by atoms with E-state index in [4.69, 9.17) is 10.5 Å². The zero-order valence-electron chi connectivity index (χ0n) is 8.68. The minimum absolute atomic E-state index is 0.0875. The summed E-state index contributed by atoms with van der Waals surface area (Å²) >= 11 is 0. The van der Waals surface area contributed by atoms with Gasteiger partial charge in [-0.2, -0.15) is 0 Å². The largest absolute Gasteiger partial charge is 0.378 e. The van der Waals surface area contributed by atoms with E-state index in [2.05, 4.69) is 0 Å². The number of nitrogens with two attached hydrogens (primary N) is 1. The van der Waals surface area contributed by atoms with E-state index in [1.807, 2.05) is 0 Å². The Morgan fingerprint density at radius 1 is 1.43 bits per heavy atom. The van der Waals surface area contributed by atoms with E-state index >= 15 is 0 Å². The first-order valence-corrected chi connectivity index (χ1v) is 5.74. The van der Waals surface area contributed by atoms with Gasteiger partial charge in [-0.1, -0.05) is 0 Å². The number of alkyl halides is 1. The number of hydrogen-bond acceptors (Lipinski definition) is 2. The van der Waals surface area contributed by atoms with Gasteiger partial charge in [0.15, 0.2) is 0 Å². The standard InChI is InChI=1S/C11H20FNO/c12-11(5-3-9(13)8-11)6-4-10-2-1-7-14-10/h9-10H,1-8,13H2. The average Bonchev–Trinajstić information content (AvgIpc) is 2.73. The molecule has 3 heteroatoms. The van der Waals surface area contributed by atoms with Crippen LogP contribution in [0.4, 0.5) is 4.39 Å². The fraction of sp³-hybridized carbons (Fsp3) is 1.00. The van der Waals surface area contributed by atoms with Gasteiger partial charge in [0.25, 0.3) is 0 Å². The normalized spacial score (nSPS) is 43.3. The van der Waals surface area contributed by atoms with Crippen LogP contribution in [-0.2, 0) is 4.74 Å². The molecule has 0 aromatic carbocycles. The summed E-state index contributed by atoms with van der Waals surface area (Å²) < 4.78 is 19.6. The number of halogens is 1. The summed E-state index contributed by atoms with van der Waals surface area (Å²) in [6, 6.07) is 0.0875. The van der Waals surface area contributed by atoms with Crippen LogP contribution in [-0.4, -0.2) is 24.4 Å². The molecular formula is C11H20FNO. The van der Waals surface area contributed by atoms with Gasteiger partial charge < -0.3 is 10.5 Å². The van der Waals surface area contributed by atoms with E-state index in [1.165, 1.54) is 0 Å². The van der Waals surface area contributed by atoms with Gasteiger partial charge in [0.1, 0.15) is 5.67 Å². The Bertz CT molecular complexity index is 194. The summed E-state index contributed by atoms with van der Waals surface area (Å²) in [5.74, 6) is 0.